The van der Waals surface area contributed by atoms with Gasteiger partial charge in [-0.05, 0) is 45.2 Å². The smallest absolute Gasteiger partial charge is 0.222 e. The summed E-state index contributed by atoms with van der Waals surface area (Å²) >= 11 is 0. The quantitative estimate of drug-likeness (QED) is 0.815. The van der Waals surface area contributed by atoms with Crippen molar-refractivity contribution < 1.29 is 0 Å². The van der Waals surface area contributed by atoms with Gasteiger partial charge in [0.2, 0.25) is 5.95 Å². The molecule has 0 saturated carbocycles. The summed E-state index contributed by atoms with van der Waals surface area (Å²) in [5, 5.41) is 3.65. The average Bonchev–Trinajstić information content (AvgIpc) is 3.00. The molecule has 2 saturated heterocycles. The summed E-state index contributed by atoms with van der Waals surface area (Å²) < 4.78 is 0. The molecule has 1 aromatic heterocycles. The van der Waals surface area contributed by atoms with Gasteiger partial charge < -0.3 is 16.0 Å². The largest absolute Gasteiger partial charge is 0.368 e. The van der Waals surface area contributed by atoms with Crippen LogP contribution in [0.15, 0.2) is 24.3 Å². The normalized spacial score (nSPS) is 21.5. The molecule has 1 aromatic carbocycles. The third kappa shape index (κ3) is 3.90. The number of halogens is 2. The van der Waals surface area contributed by atoms with Crippen LogP contribution in [-0.4, -0.2) is 35.6 Å². The summed E-state index contributed by atoms with van der Waals surface area (Å²) in [6.07, 6.45) is 2.58. The van der Waals surface area contributed by atoms with Crippen LogP contribution in [0.5, 0.6) is 0 Å². The molecule has 0 aliphatic carbocycles. The molecule has 0 bridgehead atoms. The van der Waals surface area contributed by atoms with Crippen LogP contribution in [0, 0.1) is 19.8 Å². The highest BCUT2D eigenvalue weighted by atomic mass is 35.5. The van der Waals surface area contributed by atoms with Gasteiger partial charge in [0, 0.05) is 30.3 Å². The number of benzene rings is 1. The number of anilines is 2. The second-order valence-electron chi connectivity index (χ2n) is 7.12. The van der Waals surface area contributed by atoms with Crippen molar-refractivity contribution in [2.24, 2.45) is 5.92 Å². The van der Waals surface area contributed by atoms with E-state index in [1.807, 2.05) is 0 Å². The van der Waals surface area contributed by atoms with Crippen LogP contribution in [0.3, 0.4) is 0 Å². The van der Waals surface area contributed by atoms with E-state index in [2.05, 4.69) is 58.3 Å². The second-order valence-corrected chi connectivity index (χ2v) is 7.12. The lowest BCUT2D eigenvalue weighted by Crippen LogP contribution is -2.40. The molecular formula is C19H27Cl2N5. The lowest BCUT2D eigenvalue weighted by atomic mass is 9.94. The van der Waals surface area contributed by atoms with E-state index >= 15 is 0 Å². The zero-order chi connectivity index (χ0) is 16.7. The van der Waals surface area contributed by atoms with E-state index in [0.29, 0.717) is 12.0 Å². The molecule has 142 valence electrons. The number of nitrogens with zero attached hydrogens (tertiary/aromatic N) is 3. The first-order valence-corrected chi connectivity index (χ1v) is 8.81. The molecule has 5 nitrogen and oxygen atoms in total. The van der Waals surface area contributed by atoms with Crippen molar-refractivity contribution >= 4 is 36.6 Å². The maximum atomic E-state index is 6.05. The number of fused-ring (bicyclic) bond motifs is 1. The number of nitrogens with one attached hydrogen (secondary N) is 1. The SMILES string of the molecule is Cc1cccc(-c2nc(N)nc(N3C[C@H]4CCCN[C@H]4C3)c2C)c1.Cl.Cl. The van der Waals surface area contributed by atoms with Gasteiger partial charge in [0.25, 0.3) is 0 Å². The van der Waals surface area contributed by atoms with E-state index in [9.17, 15) is 0 Å². The van der Waals surface area contributed by atoms with Crippen molar-refractivity contribution in [1.29, 1.82) is 0 Å². The van der Waals surface area contributed by atoms with Crippen molar-refractivity contribution in [3.63, 3.8) is 0 Å². The van der Waals surface area contributed by atoms with Gasteiger partial charge in [-0.2, -0.15) is 4.98 Å². The Morgan fingerprint density at radius 3 is 2.69 bits per heavy atom. The van der Waals surface area contributed by atoms with Gasteiger partial charge in [-0.25, -0.2) is 4.98 Å². The van der Waals surface area contributed by atoms with E-state index in [1.165, 1.54) is 18.4 Å². The molecule has 0 amide bonds. The Hall–Kier alpha value is -1.56. The van der Waals surface area contributed by atoms with Crippen molar-refractivity contribution in [1.82, 2.24) is 15.3 Å². The van der Waals surface area contributed by atoms with Gasteiger partial charge in [-0.15, -0.1) is 24.8 Å². The van der Waals surface area contributed by atoms with E-state index in [4.69, 9.17) is 5.73 Å². The van der Waals surface area contributed by atoms with Gasteiger partial charge >= 0.3 is 0 Å². The summed E-state index contributed by atoms with van der Waals surface area (Å²) in [4.78, 5) is 11.5. The highest BCUT2D eigenvalue weighted by Gasteiger charge is 2.35. The first kappa shape index (κ1) is 20.7. The van der Waals surface area contributed by atoms with E-state index in [1.54, 1.807) is 0 Å². The molecule has 26 heavy (non-hydrogen) atoms. The third-order valence-corrected chi connectivity index (χ3v) is 5.33. The van der Waals surface area contributed by atoms with Crippen molar-refractivity contribution in [2.45, 2.75) is 32.7 Å². The Labute approximate surface area is 167 Å². The summed E-state index contributed by atoms with van der Waals surface area (Å²) in [6.45, 7) is 7.41. The van der Waals surface area contributed by atoms with Gasteiger partial charge in [0.05, 0.1) is 5.69 Å². The topological polar surface area (TPSA) is 67.1 Å². The van der Waals surface area contributed by atoms with Crippen LogP contribution < -0.4 is 16.0 Å². The molecule has 0 radical (unpaired) electrons. The molecule has 0 unspecified atom stereocenters. The highest BCUT2D eigenvalue weighted by molar-refractivity contribution is 5.85. The third-order valence-electron chi connectivity index (χ3n) is 5.33. The molecule has 7 heteroatoms. The fraction of sp³-hybridized carbons (Fsp3) is 0.474. The Bertz CT molecular complexity index is 754. The molecular weight excluding hydrogens is 369 g/mol. The highest BCUT2D eigenvalue weighted by Crippen LogP contribution is 2.33. The van der Waals surface area contributed by atoms with Crippen LogP contribution in [0.2, 0.25) is 0 Å². The van der Waals surface area contributed by atoms with Crippen LogP contribution in [0.25, 0.3) is 11.3 Å². The predicted molar refractivity (Wildman–Crippen MR) is 113 cm³/mol. The Morgan fingerprint density at radius 2 is 1.96 bits per heavy atom. The summed E-state index contributed by atoms with van der Waals surface area (Å²) in [6, 6.07) is 9.00. The first-order chi connectivity index (χ1) is 11.6. The Morgan fingerprint density at radius 1 is 1.15 bits per heavy atom. The van der Waals surface area contributed by atoms with Crippen molar-refractivity contribution in [3.8, 4) is 11.3 Å². The summed E-state index contributed by atoms with van der Waals surface area (Å²) in [5.41, 5.74) is 10.5. The predicted octanol–water partition coefficient (Wildman–Crippen LogP) is 3.37. The number of nitrogen functional groups attached to an aromatic ring is 1. The molecule has 3 N–H and O–H groups in total. The van der Waals surface area contributed by atoms with Gasteiger partial charge in [0.15, 0.2) is 0 Å². The number of piperidine rings is 1. The summed E-state index contributed by atoms with van der Waals surface area (Å²) in [5.74, 6) is 2.07. The fourth-order valence-corrected chi connectivity index (χ4v) is 4.12. The molecule has 0 spiro atoms. The molecule has 3 heterocycles. The summed E-state index contributed by atoms with van der Waals surface area (Å²) in [7, 11) is 0. The number of hydrogen-bond donors (Lipinski definition) is 2. The second kappa shape index (κ2) is 8.42. The molecule has 2 aliphatic heterocycles. The van der Waals surface area contributed by atoms with E-state index < -0.39 is 0 Å². The van der Waals surface area contributed by atoms with Crippen LogP contribution >= 0.6 is 24.8 Å². The molecule has 2 fully saturated rings. The molecule has 2 aliphatic rings. The average molecular weight is 396 g/mol. The van der Waals surface area contributed by atoms with Crippen molar-refractivity contribution in [2.75, 3.05) is 30.3 Å². The van der Waals surface area contributed by atoms with Gasteiger partial charge in [-0.1, -0.05) is 23.8 Å². The Kier molecular flexibility index (Phi) is 6.72. The lowest BCUT2D eigenvalue weighted by Gasteiger charge is -2.24. The Balaban J connectivity index is 0.00000121. The van der Waals surface area contributed by atoms with E-state index in [0.717, 1.165) is 48.2 Å². The number of rotatable bonds is 2. The maximum absolute atomic E-state index is 6.05. The minimum atomic E-state index is 0. The zero-order valence-electron chi connectivity index (χ0n) is 15.2. The lowest BCUT2D eigenvalue weighted by molar-refractivity contribution is 0.340. The van der Waals surface area contributed by atoms with Crippen molar-refractivity contribution in [3.05, 3.63) is 35.4 Å². The monoisotopic (exact) mass is 395 g/mol. The minimum absolute atomic E-state index is 0. The molecule has 2 aromatic rings. The zero-order valence-corrected chi connectivity index (χ0v) is 16.9. The number of nitrogens with two attached hydrogens (primary N) is 1. The van der Waals surface area contributed by atoms with Gasteiger partial charge in [-0.3, -0.25) is 0 Å². The van der Waals surface area contributed by atoms with Gasteiger partial charge in [0.1, 0.15) is 5.82 Å². The van der Waals surface area contributed by atoms with E-state index in [-0.39, 0.29) is 24.8 Å². The number of aryl methyl sites for hydroxylation is 1. The first-order valence-electron chi connectivity index (χ1n) is 8.81. The fourth-order valence-electron chi connectivity index (χ4n) is 4.12. The molecule has 2 atom stereocenters. The van der Waals surface area contributed by atoms with Crippen LogP contribution in [-0.2, 0) is 0 Å². The maximum Gasteiger partial charge on any atom is 0.222 e. The number of hydrogen-bond acceptors (Lipinski definition) is 5. The van der Waals surface area contributed by atoms with Crippen LogP contribution in [0.4, 0.5) is 11.8 Å². The number of aromatic nitrogens is 2. The standard InChI is InChI=1S/C19H25N5.2ClH/c1-12-5-3-6-14(9-12)17-13(2)18(23-19(20)22-17)24-10-15-7-4-8-21-16(15)11-24;;/h3,5-6,9,15-16,21H,4,7-8,10-11H2,1-2H3,(H2,20,22,23);2*1H/t15-,16+;;/m1../s1. The minimum Gasteiger partial charge on any atom is -0.368 e. The molecule has 4 rings (SSSR count). The van der Waals surface area contributed by atoms with Crippen LogP contribution in [0.1, 0.15) is 24.0 Å².